The van der Waals surface area contributed by atoms with Gasteiger partial charge in [0.1, 0.15) is 17.1 Å². The average Bonchev–Trinajstić information content (AvgIpc) is 2.82. The predicted molar refractivity (Wildman–Crippen MR) is 123 cm³/mol. The number of nitrogens with two attached hydrogens (primary N) is 1. The molecule has 9 heteroatoms. The van der Waals surface area contributed by atoms with Gasteiger partial charge in [-0.1, -0.05) is 48.5 Å². The van der Waals surface area contributed by atoms with Gasteiger partial charge in [-0.25, -0.2) is 4.79 Å². The Bertz CT molecular complexity index is 1280. The minimum absolute atomic E-state index is 0.0562. The number of anilines is 1. The van der Waals surface area contributed by atoms with Crippen molar-refractivity contribution in [2.45, 2.75) is 26.4 Å². The SMILES string of the molecule is CCn1c(=O)c(C(=O)COC(=O)Cc2ccccc2OC)c(N)n(Cc2ccccc2)c1=O. The van der Waals surface area contributed by atoms with E-state index in [4.69, 9.17) is 15.2 Å². The standard InChI is InChI=1S/C24H25N3O6/c1-3-26-23(30)21(22(25)27(24(26)31)14-16-9-5-4-6-10-16)18(28)15-33-20(29)13-17-11-7-8-12-19(17)32-2/h4-12H,3,13-15,25H2,1-2H3. The minimum Gasteiger partial charge on any atom is -0.496 e. The Morgan fingerprint density at radius 1 is 0.970 bits per heavy atom. The van der Waals surface area contributed by atoms with E-state index in [1.807, 2.05) is 6.07 Å². The summed E-state index contributed by atoms with van der Waals surface area (Å²) in [5.74, 6) is -1.19. The summed E-state index contributed by atoms with van der Waals surface area (Å²) in [5.41, 5.74) is 5.66. The zero-order chi connectivity index (χ0) is 24.0. The quantitative estimate of drug-likeness (QED) is 0.388. The topological polar surface area (TPSA) is 123 Å². The Labute approximate surface area is 190 Å². The first kappa shape index (κ1) is 23.5. The molecule has 2 N–H and O–H groups in total. The molecular weight excluding hydrogens is 426 g/mol. The number of carbonyl (C=O) groups excluding carboxylic acids is 2. The molecule has 0 aliphatic rings. The van der Waals surface area contributed by atoms with Gasteiger partial charge in [0.15, 0.2) is 6.61 Å². The van der Waals surface area contributed by atoms with Crippen molar-refractivity contribution in [2.24, 2.45) is 0 Å². The van der Waals surface area contributed by atoms with Crippen LogP contribution in [0.5, 0.6) is 5.75 Å². The molecule has 0 atom stereocenters. The van der Waals surface area contributed by atoms with E-state index in [1.165, 1.54) is 11.7 Å². The number of esters is 1. The van der Waals surface area contributed by atoms with Crippen LogP contribution in [-0.4, -0.2) is 34.6 Å². The number of hydrogen-bond donors (Lipinski definition) is 1. The van der Waals surface area contributed by atoms with Gasteiger partial charge in [-0.05, 0) is 18.6 Å². The molecule has 0 amide bonds. The van der Waals surface area contributed by atoms with E-state index >= 15 is 0 Å². The second-order valence-electron chi connectivity index (χ2n) is 7.24. The van der Waals surface area contributed by atoms with Crippen LogP contribution in [0.4, 0.5) is 5.82 Å². The van der Waals surface area contributed by atoms with Gasteiger partial charge in [-0.15, -0.1) is 0 Å². The van der Waals surface area contributed by atoms with Gasteiger partial charge >= 0.3 is 11.7 Å². The number of carbonyl (C=O) groups is 2. The number of rotatable bonds is 9. The van der Waals surface area contributed by atoms with E-state index in [0.29, 0.717) is 11.3 Å². The maximum atomic E-state index is 12.8. The van der Waals surface area contributed by atoms with E-state index in [1.54, 1.807) is 55.5 Å². The van der Waals surface area contributed by atoms with Crippen LogP contribution < -0.4 is 21.7 Å². The molecule has 0 saturated heterocycles. The van der Waals surface area contributed by atoms with Crippen LogP contribution in [0.3, 0.4) is 0 Å². The van der Waals surface area contributed by atoms with Gasteiger partial charge in [0, 0.05) is 12.1 Å². The van der Waals surface area contributed by atoms with Gasteiger partial charge in [-0.2, -0.15) is 0 Å². The molecule has 0 spiro atoms. The Morgan fingerprint density at radius 2 is 1.64 bits per heavy atom. The zero-order valence-electron chi connectivity index (χ0n) is 18.4. The lowest BCUT2D eigenvalue weighted by Crippen LogP contribution is -2.44. The number of para-hydroxylation sites is 1. The van der Waals surface area contributed by atoms with E-state index in [-0.39, 0.29) is 30.9 Å². The second-order valence-corrected chi connectivity index (χ2v) is 7.24. The summed E-state index contributed by atoms with van der Waals surface area (Å²) in [7, 11) is 1.49. The number of hydrogen-bond acceptors (Lipinski definition) is 7. The number of nitrogens with zero attached hydrogens (tertiary/aromatic N) is 2. The van der Waals surface area contributed by atoms with Gasteiger partial charge in [0.05, 0.1) is 20.1 Å². The van der Waals surface area contributed by atoms with Gasteiger partial charge in [0.2, 0.25) is 5.78 Å². The maximum absolute atomic E-state index is 12.8. The van der Waals surface area contributed by atoms with Gasteiger partial charge < -0.3 is 15.2 Å². The molecule has 172 valence electrons. The Morgan fingerprint density at radius 3 is 2.30 bits per heavy atom. The first-order valence-corrected chi connectivity index (χ1v) is 10.3. The number of Topliss-reactive ketones (excluding diaryl/α,β-unsaturated/α-hetero) is 1. The molecule has 1 heterocycles. The molecule has 0 saturated carbocycles. The Hall–Kier alpha value is -4.14. The molecule has 0 fully saturated rings. The summed E-state index contributed by atoms with van der Waals surface area (Å²) in [6.45, 7) is 1.08. The molecule has 33 heavy (non-hydrogen) atoms. The fourth-order valence-electron chi connectivity index (χ4n) is 3.45. The summed E-state index contributed by atoms with van der Waals surface area (Å²) in [6.07, 6.45) is -0.112. The van der Waals surface area contributed by atoms with Crippen LogP contribution in [0, 0.1) is 0 Å². The second kappa shape index (κ2) is 10.4. The fraction of sp³-hybridized carbons (Fsp3) is 0.250. The van der Waals surface area contributed by atoms with Crippen LogP contribution in [0.1, 0.15) is 28.4 Å². The van der Waals surface area contributed by atoms with Gasteiger partial charge in [0.25, 0.3) is 5.56 Å². The van der Waals surface area contributed by atoms with E-state index in [0.717, 1.165) is 10.1 Å². The number of nitrogen functional groups attached to an aromatic ring is 1. The highest BCUT2D eigenvalue weighted by Gasteiger charge is 2.23. The minimum atomic E-state index is -0.810. The van der Waals surface area contributed by atoms with Crippen LogP contribution in [-0.2, 0) is 29.0 Å². The summed E-state index contributed by atoms with van der Waals surface area (Å²) in [5, 5.41) is 0. The average molecular weight is 451 g/mol. The number of ketones is 1. The lowest BCUT2D eigenvalue weighted by molar-refractivity contribution is -0.141. The normalized spacial score (nSPS) is 10.6. The number of aromatic nitrogens is 2. The molecule has 3 aromatic rings. The smallest absolute Gasteiger partial charge is 0.332 e. The first-order valence-electron chi connectivity index (χ1n) is 10.3. The molecule has 2 aromatic carbocycles. The zero-order valence-corrected chi connectivity index (χ0v) is 18.4. The van der Waals surface area contributed by atoms with Crippen LogP contribution in [0.15, 0.2) is 64.2 Å². The van der Waals surface area contributed by atoms with Crippen molar-refractivity contribution in [3.63, 3.8) is 0 Å². The number of ether oxygens (including phenoxy) is 2. The van der Waals surface area contributed by atoms with E-state index < -0.39 is 29.6 Å². The molecule has 0 aliphatic heterocycles. The van der Waals surface area contributed by atoms with Crippen LogP contribution >= 0.6 is 0 Å². The monoisotopic (exact) mass is 451 g/mol. The third kappa shape index (κ3) is 5.20. The van der Waals surface area contributed by atoms with Crippen molar-refractivity contribution >= 4 is 17.6 Å². The van der Waals surface area contributed by atoms with Crippen molar-refractivity contribution in [3.05, 3.63) is 92.1 Å². The number of methoxy groups -OCH3 is 1. The maximum Gasteiger partial charge on any atom is 0.332 e. The molecular formula is C24H25N3O6. The summed E-state index contributed by atoms with van der Waals surface area (Å²) in [6, 6.07) is 16.0. The fourth-order valence-corrected chi connectivity index (χ4v) is 3.45. The first-order chi connectivity index (χ1) is 15.9. The summed E-state index contributed by atoms with van der Waals surface area (Å²) in [4.78, 5) is 50.7. The Kier molecular flexibility index (Phi) is 7.45. The van der Waals surface area contributed by atoms with Gasteiger partial charge in [-0.3, -0.25) is 23.5 Å². The number of benzene rings is 2. The largest absolute Gasteiger partial charge is 0.496 e. The van der Waals surface area contributed by atoms with Crippen molar-refractivity contribution < 1.29 is 19.1 Å². The van der Waals surface area contributed by atoms with Crippen molar-refractivity contribution in [1.82, 2.24) is 9.13 Å². The molecule has 0 radical (unpaired) electrons. The van der Waals surface area contributed by atoms with Crippen LogP contribution in [0.2, 0.25) is 0 Å². The van der Waals surface area contributed by atoms with Crippen molar-refractivity contribution in [1.29, 1.82) is 0 Å². The lowest BCUT2D eigenvalue weighted by atomic mass is 10.1. The Balaban J connectivity index is 1.85. The van der Waals surface area contributed by atoms with Crippen molar-refractivity contribution in [3.8, 4) is 5.75 Å². The van der Waals surface area contributed by atoms with E-state index in [9.17, 15) is 19.2 Å². The summed E-state index contributed by atoms with van der Waals surface area (Å²) >= 11 is 0. The van der Waals surface area contributed by atoms with E-state index in [2.05, 4.69) is 0 Å². The summed E-state index contributed by atoms with van der Waals surface area (Å²) < 4.78 is 12.4. The molecule has 0 unspecified atom stereocenters. The molecule has 3 rings (SSSR count). The highest BCUT2D eigenvalue weighted by Crippen LogP contribution is 2.18. The molecule has 1 aromatic heterocycles. The highest BCUT2D eigenvalue weighted by atomic mass is 16.5. The third-order valence-electron chi connectivity index (χ3n) is 5.14. The third-order valence-corrected chi connectivity index (χ3v) is 5.14. The molecule has 0 bridgehead atoms. The lowest BCUT2D eigenvalue weighted by Gasteiger charge is -2.16. The van der Waals surface area contributed by atoms with Crippen LogP contribution in [0.25, 0.3) is 0 Å². The predicted octanol–water partition coefficient (Wildman–Crippen LogP) is 1.64. The van der Waals surface area contributed by atoms with Crippen molar-refractivity contribution in [2.75, 3.05) is 19.5 Å². The molecule has 9 nitrogen and oxygen atoms in total. The molecule has 0 aliphatic carbocycles. The highest BCUT2D eigenvalue weighted by molar-refractivity contribution is 6.01.